The Kier molecular flexibility index (Phi) is 5.41. The molecule has 1 aliphatic rings. The van der Waals surface area contributed by atoms with Crippen LogP contribution in [0.25, 0.3) is 0 Å². The Hall–Kier alpha value is -1.55. The van der Waals surface area contributed by atoms with Crippen molar-refractivity contribution < 1.29 is 4.79 Å². The van der Waals surface area contributed by atoms with E-state index in [-0.39, 0.29) is 11.8 Å². The Labute approximate surface area is 121 Å². The smallest absolute Gasteiger partial charge is 0.228 e. The molecule has 1 atom stereocenters. The highest BCUT2D eigenvalue weighted by molar-refractivity contribution is 5.92. The monoisotopic (exact) mass is 275 g/mol. The molecule has 1 aromatic carbocycles. The number of anilines is 2. The molecule has 0 saturated carbocycles. The third-order valence-corrected chi connectivity index (χ3v) is 3.93. The first-order chi connectivity index (χ1) is 9.74. The minimum Gasteiger partial charge on any atom is -0.372 e. The van der Waals surface area contributed by atoms with Crippen LogP contribution in [0.1, 0.15) is 26.7 Å². The Morgan fingerprint density at radius 3 is 2.55 bits per heavy atom. The van der Waals surface area contributed by atoms with E-state index < -0.39 is 0 Å². The van der Waals surface area contributed by atoms with Gasteiger partial charge >= 0.3 is 0 Å². The van der Waals surface area contributed by atoms with E-state index in [2.05, 4.69) is 41.5 Å². The number of hydrogen-bond acceptors (Lipinski definition) is 3. The van der Waals surface area contributed by atoms with Crippen molar-refractivity contribution in [3.8, 4) is 0 Å². The predicted octanol–water partition coefficient (Wildman–Crippen LogP) is 2.47. The molecule has 1 saturated heterocycles. The Balaban J connectivity index is 1.94. The standard InChI is InChI=1S/C16H25N3O/c1-3-19(4-2)15-9-7-14(8-10-15)18-16(20)13-6-5-11-17-12-13/h7-10,13,17H,3-6,11-12H2,1-2H3,(H,18,20)/t13-/m1/s1. The van der Waals surface area contributed by atoms with Gasteiger partial charge in [-0.05, 0) is 57.5 Å². The molecule has 2 N–H and O–H groups in total. The van der Waals surface area contributed by atoms with E-state index in [4.69, 9.17) is 0 Å². The highest BCUT2D eigenvalue weighted by atomic mass is 16.1. The van der Waals surface area contributed by atoms with Gasteiger partial charge in [-0.25, -0.2) is 0 Å². The van der Waals surface area contributed by atoms with E-state index in [1.54, 1.807) is 0 Å². The normalized spacial score (nSPS) is 18.6. The first-order valence-corrected chi connectivity index (χ1v) is 7.61. The third kappa shape index (κ3) is 3.73. The lowest BCUT2D eigenvalue weighted by atomic mass is 9.99. The molecular weight excluding hydrogens is 250 g/mol. The number of piperidine rings is 1. The number of carbonyl (C=O) groups is 1. The Bertz CT molecular complexity index is 420. The van der Waals surface area contributed by atoms with E-state index in [1.165, 1.54) is 5.69 Å². The minimum atomic E-state index is 0.103. The fraction of sp³-hybridized carbons (Fsp3) is 0.562. The van der Waals surface area contributed by atoms with Crippen LogP contribution >= 0.6 is 0 Å². The van der Waals surface area contributed by atoms with E-state index in [0.717, 1.165) is 44.7 Å². The van der Waals surface area contributed by atoms with Gasteiger partial charge in [0.2, 0.25) is 5.91 Å². The molecular formula is C16H25N3O. The van der Waals surface area contributed by atoms with Crippen LogP contribution < -0.4 is 15.5 Å². The summed E-state index contributed by atoms with van der Waals surface area (Å²) in [6.07, 6.45) is 2.06. The highest BCUT2D eigenvalue weighted by Gasteiger charge is 2.20. The van der Waals surface area contributed by atoms with Crippen LogP contribution in [0.5, 0.6) is 0 Å². The van der Waals surface area contributed by atoms with Crippen LogP contribution in [-0.2, 0) is 4.79 Å². The van der Waals surface area contributed by atoms with Crippen molar-refractivity contribution in [3.05, 3.63) is 24.3 Å². The molecule has 4 heteroatoms. The first-order valence-electron chi connectivity index (χ1n) is 7.61. The second-order valence-electron chi connectivity index (χ2n) is 5.25. The first kappa shape index (κ1) is 14.9. The van der Waals surface area contributed by atoms with Gasteiger partial charge in [-0.1, -0.05) is 0 Å². The summed E-state index contributed by atoms with van der Waals surface area (Å²) >= 11 is 0. The van der Waals surface area contributed by atoms with Crippen molar-refractivity contribution in [1.82, 2.24) is 5.32 Å². The third-order valence-electron chi connectivity index (χ3n) is 3.93. The summed E-state index contributed by atoms with van der Waals surface area (Å²) in [5, 5.41) is 6.29. The fourth-order valence-electron chi connectivity index (χ4n) is 2.66. The van der Waals surface area contributed by atoms with Gasteiger partial charge in [-0.15, -0.1) is 0 Å². The quantitative estimate of drug-likeness (QED) is 0.867. The van der Waals surface area contributed by atoms with E-state index >= 15 is 0 Å². The number of amides is 1. The molecule has 1 amide bonds. The average Bonchev–Trinajstić information content (AvgIpc) is 2.51. The van der Waals surface area contributed by atoms with Gasteiger partial charge in [0.25, 0.3) is 0 Å². The van der Waals surface area contributed by atoms with Gasteiger partial charge in [-0.3, -0.25) is 4.79 Å². The lowest BCUT2D eigenvalue weighted by molar-refractivity contribution is -0.120. The van der Waals surface area contributed by atoms with Gasteiger partial charge in [-0.2, -0.15) is 0 Å². The van der Waals surface area contributed by atoms with Gasteiger partial charge in [0.05, 0.1) is 5.92 Å². The summed E-state index contributed by atoms with van der Waals surface area (Å²) in [5.74, 6) is 0.235. The number of benzene rings is 1. The lowest BCUT2D eigenvalue weighted by Gasteiger charge is -2.23. The number of carbonyl (C=O) groups excluding carboxylic acids is 1. The van der Waals surface area contributed by atoms with Crippen LogP contribution in [-0.4, -0.2) is 32.1 Å². The number of nitrogens with one attached hydrogen (secondary N) is 2. The Morgan fingerprint density at radius 1 is 1.30 bits per heavy atom. The average molecular weight is 275 g/mol. The second-order valence-corrected chi connectivity index (χ2v) is 5.25. The molecule has 1 fully saturated rings. The van der Waals surface area contributed by atoms with Gasteiger partial charge in [0.15, 0.2) is 0 Å². The van der Waals surface area contributed by atoms with Crippen LogP contribution in [0.4, 0.5) is 11.4 Å². The summed E-state index contributed by atoms with van der Waals surface area (Å²) in [4.78, 5) is 14.4. The molecule has 2 rings (SSSR count). The van der Waals surface area contributed by atoms with Crippen molar-refractivity contribution in [2.75, 3.05) is 36.4 Å². The molecule has 0 aliphatic carbocycles. The summed E-state index contributed by atoms with van der Waals surface area (Å²) in [6.45, 7) is 8.11. The van der Waals surface area contributed by atoms with Crippen molar-refractivity contribution in [2.45, 2.75) is 26.7 Å². The lowest BCUT2D eigenvalue weighted by Crippen LogP contribution is -2.37. The van der Waals surface area contributed by atoms with E-state index in [9.17, 15) is 4.79 Å². The molecule has 0 unspecified atom stereocenters. The van der Waals surface area contributed by atoms with Gasteiger partial charge in [0.1, 0.15) is 0 Å². The van der Waals surface area contributed by atoms with Gasteiger partial charge in [0, 0.05) is 31.0 Å². The zero-order chi connectivity index (χ0) is 14.4. The van der Waals surface area contributed by atoms with Crippen LogP contribution in [0.15, 0.2) is 24.3 Å². The minimum absolute atomic E-state index is 0.103. The maximum Gasteiger partial charge on any atom is 0.228 e. The zero-order valence-corrected chi connectivity index (χ0v) is 12.5. The van der Waals surface area contributed by atoms with E-state index in [0.29, 0.717) is 0 Å². The molecule has 0 spiro atoms. The molecule has 20 heavy (non-hydrogen) atoms. The molecule has 1 aliphatic heterocycles. The molecule has 0 radical (unpaired) electrons. The Morgan fingerprint density at radius 2 is 2.00 bits per heavy atom. The van der Waals surface area contributed by atoms with Crippen molar-refractivity contribution in [1.29, 1.82) is 0 Å². The number of rotatable bonds is 5. The summed E-state index contributed by atoms with van der Waals surface area (Å²) in [7, 11) is 0. The maximum absolute atomic E-state index is 12.1. The zero-order valence-electron chi connectivity index (χ0n) is 12.5. The topological polar surface area (TPSA) is 44.4 Å². The van der Waals surface area contributed by atoms with Crippen molar-refractivity contribution >= 4 is 17.3 Å². The van der Waals surface area contributed by atoms with Crippen LogP contribution in [0.3, 0.4) is 0 Å². The number of hydrogen-bond donors (Lipinski definition) is 2. The summed E-state index contributed by atoms with van der Waals surface area (Å²) < 4.78 is 0. The highest BCUT2D eigenvalue weighted by Crippen LogP contribution is 2.19. The van der Waals surface area contributed by atoms with Crippen LogP contribution in [0.2, 0.25) is 0 Å². The second kappa shape index (κ2) is 7.29. The summed E-state index contributed by atoms with van der Waals surface area (Å²) in [6, 6.07) is 8.12. The van der Waals surface area contributed by atoms with Crippen molar-refractivity contribution in [2.24, 2.45) is 5.92 Å². The van der Waals surface area contributed by atoms with Crippen molar-refractivity contribution in [3.63, 3.8) is 0 Å². The van der Waals surface area contributed by atoms with Crippen LogP contribution in [0, 0.1) is 5.92 Å². The number of nitrogens with zero attached hydrogens (tertiary/aromatic N) is 1. The molecule has 4 nitrogen and oxygen atoms in total. The molecule has 1 aromatic rings. The van der Waals surface area contributed by atoms with E-state index in [1.807, 2.05) is 12.1 Å². The largest absolute Gasteiger partial charge is 0.372 e. The molecule has 110 valence electrons. The van der Waals surface area contributed by atoms with Gasteiger partial charge < -0.3 is 15.5 Å². The summed E-state index contributed by atoms with van der Waals surface area (Å²) in [5.41, 5.74) is 2.09. The predicted molar refractivity (Wildman–Crippen MR) is 84.2 cm³/mol. The molecule has 0 bridgehead atoms. The maximum atomic E-state index is 12.1. The SMILES string of the molecule is CCN(CC)c1ccc(NC(=O)[C@@H]2CCCNC2)cc1. The fourth-order valence-corrected chi connectivity index (χ4v) is 2.66. The molecule has 0 aromatic heterocycles. The molecule has 1 heterocycles.